The molecule has 1 aromatic rings. The number of fused-ring (bicyclic) bond motifs is 7. The zero-order chi connectivity index (χ0) is 42.8. The molecule has 0 aliphatic heterocycles. The first-order chi connectivity index (χ1) is 26.8. The molecule has 10 atom stereocenters. The molecule has 5 saturated carbocycles. The molecule has 0 radical (unpaired) electrons. The third-order valence-electron chi connectivity index (χ3n) is 17.9. The molecule has 9 nitrogen and oxygen atoms in total. The maximum atomic E-state index is 14.3. The summed E-state index contributed by atoms with van der Waals surface area (Å²) in [5.41, 5.74) is -0.968. The van der Waals surface area contributed by atoms with Gasteiger partial charge in [0.05, 0.1) is 17.4 Å². The first-order valence-corrected chi connectivity index (χ1v) is 21.9. The van der Waals surface area contributed by atoms with E-state index in [-0.39, 0.29) is 69.2 Å². The fraction of sp³-hybridized carbons (Fsp3) is 0.729. The highest BCUT2D eigenvalue weighted by Gasteiger charge is 2.71. The Hall–Kier alpha value is -3.56. The van der Waals surface area contributed by atoms with E-state index in [0.717, 1.165) is 56.1 Å². The Kier molecular flexibility index (Phi) is 10.1. The van der Waals surface area contributed by atoms with Gasteiger partial charge >= 0.3 is 11.9 Å². The van der Waals surface area contributed by atoms with Crippen LogP contribution in [0.4, 0.5) is 4.39 Å². The Morgan fingerprint density at radius 1 is 0.828 bits per heavy atom. The third kappa shape index (κ3) is 6.13. The molecule has 0 spiro atoms. The summed E-state index contributed by atoms with van der Waals surface area (Å²) in [5.74, 6) is -2.38. The Morgan fingerprint density at radius 2 is 1.48 bits per heavy atom. The lowest BCUT2D eigenvalue weighted by molar-refractivity contribution is -0.235. The first kappa shape index (κ1) is 42.6. The Labute approximate surface area is 344 Å². The van der Waals surface area contributed by atoms with Crippen LogP contribution < -0.4 is 10.6 Å². The van der Waals surface area contributed by atoms with E-state index in [1.807, 2.05) is 13.8 Å². The van der Waals surface area contributed by atoms with Crippen LogP contribution in [-0.4, -0.2) is 51.8 Å². The highest BCUT2D eigenvalue weighted by atomic mass is 19.1. The van der Waals surface area contributed by atoms with Gasteiger partial charge in [-0.15, -0.1) is 0 Å². The molecule has 1 unspecified atom stereocenters. The maximum Gasteiger partial charge on any atom is 0.309 e. The Morgan fingerprint density at radius 3 is 2.09 bits per heavy atom. The number of amides is 2. The smallest absolute Gasteiger partial charge is 0.309 e. The number of hydrogen-bond donors (Lipinski definition) is 3. The van der Waals surface area contributed by atoms with E-state index in [4.69, 9.17) is 4.74 Å². The fourth-order valence-corrected chi connectivity index (χ4v) is 14.3. The highest BCUT2D eigenvalue weighted by Crippen LogP contribution is 2.76. The Bertz CT molecular complexity index is 1950. The van der Waals surface area contributed by atoms with Crippen molar-refractivity contribution in [3.05, 3.63) is 46.8 Å². The van der Waals surface area contributed by atoms with E-state index < -0.39 is 46.0 Å². The molecular formula is C48H67FN2O7. The number of carbonyl (C=O) groups excluding carboxylic acids is 4. The van der Waals surface area contributed by atoms with Gasteiger partial charge in [0, 0.05) is 17.4 Å². The molecule has 1 aromatic carbocycles. The molecule has 0 saturated heterocycles. The summed E-state index contributed by atoms with van der Waals surface area (Å²) in [5, 5.41) is 15.9. The van der Waals surface area contributed by atoms with Gasteiger partial charge in [-0.3, -0.25) is 24.0 Å². The largest absolute Gasteiger partial charge is 0.481 e. The van der Waals surface area contributed by atoms with Crippen LogP contribution >= 0.6 is 0 Å². The molecular weight excluding hydrogens is 736 g/mol. The first-order valence-electron chi connectivity index (χ1n) is 21.9. The highest BCUT2D eigenvalue weighted by molar-refractivity contribution is 6.03. The van der Waals surface area contributed by atoms with E-state index in [1.54, 1.807) is 13.8 Å². The minimum absolute atomic E-state index is 0.00656. The van der Waals surface area contributed by atoms with E-state index in [9.17, 15) is 33.5 Å². The SMILES string of the molecule is CC(C)C1=C2[C@H]3CC[C@@H]4[C@@]5(C)CC[C@H](OC(=O)[C@H]6C[C@@H](C(=O)O)C6(C)C)C(C)(C)C5CC[C@@]4(C)[C@]3(C)CC[C@@]2(NC(=O)C(C)(C)NC(=O)c2ccc(F)cc2)CC1=O. The number of rotatable bonds is 8. The summed E-state index contributed by atoms with van der Waals surface area (Å²) in [7, 11) is 0. The van der Waals surface area contributed by atoms with Crippen molar-refractivity contribution in [1.29, 1.82) is 0 Å². The number of aliphatic carboxylic acids is 1. The van der Waals surface area contributed by atoms with E-state index in [2.05, 4.69) is 59.1 Å². The predicted octanol–water partition coefficient (Wildman–Crippen LogP) is 8.84. The average Bonchev–Trinajstić information content (AvgIpc) is 3.41. The number of ether oxygens (including phenoxy) is 1. The molecule has 6 aliphatic carbocycles. The number of Topliss-reactive ketones (excluding diaryl/α,β-unsaturated/α-hetero) is 1. The molecule has 0 bridgehead atoms. The summed E-state index contributed by atoms with van der Waals surface area (Å²) in [6.45, 7) is 23.3. The van der Waals surface area contributed by atoms with Gasteiger partial charge in [-0.1, -0.05) is 62.3 Å². The summed E-state index contributed by atoms with van der Waals surface area (Å²) in [6, 6.07) is 5.23. The lowest BCUT2D eigenvalue weighted by Gasteiger charge is -2.72. The summed E-state index contributed by atoms with van der Waals surface area (Å²) < 4.78 is 20.0. The van der Waals surface area contributed by atoms with E-state index in [1.165, 1.54) is 24.3 Å². The van der Waals surface area contributed by atoms with Gasteiger partial charge in [-0.25, -0.2) is 4.39 Å². The lowest BCUT2D eigenvalue weighted by atomic mass is 9.33. The number of esters is 1. The number of halogens is 1. The van der Waals surface area contributed by atoms with Gasteiger partial charge in [0.1, 0.15) is 17.5 Å². The average molecular weight is 803 g/mol. The predicted molar refractivity (Wildman–Crippen MR) is 219 cm³/mol. The van der Waals surface area contributed by atoms with Crippen LogP contribution in [0.25, 0.3) is 0 Å². The molecule has 7 rings (SSSR count). The van der Waals surface area contributed by atoms with Crippen molar-refractivity contribution in [1.82, 2.24) is 10.6 Å². The second kappa shape index (κ2) is 13.7. The van der Waals surface area contributed by atoms with Crippen LogP contribution in [-0.2, 0) is 23.9 Å². The molecule has 6 aliphatic rings. The van der Waals surface area contributed by atoms with E-state index >= 15 is 0 Å². The molecule has 318 valence electrons. The standard InChI is InChI=1S/C48H67FN2O7/c1-26(2)36-32(52)25-48(51-41(57)44(7,8)50-38(53)27-12-14-28(49)15-13-27)23-22-46(10)29(37(36)48)16-17-34-45(9)20-19-35(43(5,6)33(45)18-21-47(34,46)11)58-40(56)31-24-30(39(54)55)42(31,3)4/h12-15,26,29-31,33-35H,16-25H2,1-11H3,(H,50,53)(H,51,57)(H,54,55)/t29-,30+,31-,33?,34-,35+,45+,46-,47-,48-/m1/s1. The minimum Gasteiger partial charge on any atom is -0.481 e. The zero-order valence-corrected chi connectivity index (χ0v) is 36.7. The van der Waals surface area contributed by atoms with E-state index in [0.29, 0.717) is 24.7 Å². The van der Waals surface area contributed by atoms with Gasteiger partial charge in [-0.2, -0.15) is 0 Å². The minimum atomic E-state index is -1.30. The van der Waals surface area contributed by atoms with Crippen LogP contribution in [0.3, 0.4) is 0 Å². The summed E-state index contributed by atoms with van der Waals surface area (Å²) >= 11 is 0. The van der Waals surface area contributed by atoms with Crippen LogP contribution in [0.2, 0.25) is 0 Å². The molecule has 5 fully saturated rings. The lowest BCUT2D eigenvalue weighted by Crippen LogP contribution is -2.68. The van der Waals surface area contributed by atoms with Gasteiger partial charge < -0.3 is 20.5 Å². The number of hydrogen-bond acceptors (Lipinski definition) is 6. The normalized spacial score (nSPS) is 38.7. The maximum absolute atomic E-state index is 14.3. The quantitative estimate of drug-likeness (QED) is 0.223. The molecule has 2 amide bonds. The van der Waals surface area contributed by atoms with Crippen LogP contribution in [0.15, 0.2) is 35.4 Å². The number of ketones is 1. The number of benzene rings is 1. The number of carbonyl (C=O) groups is 5. The topological polar surface area (TPSA) is 139 Å². The van der Waals surface area contributed by atoms with Crippen molar-refractivity contribution in [3.63, 3.8) is 0 Å². The van der Waals surface area contributed by atoms with Crippen molar-refractivity contribution in [2.24, 2.45) is 62.6 Å². The number of allylic oxidation sites excluding steroid dienone is 1. The van der Waals surface area contributed by atoms with Crippen molar-refractivity contribution in [2.45, 2.75) is 158 Å². The van der Waals surface area contributed by atoms with Gasteiger partial charge in [0.25, 0.3) is 5.91 Å². The monoisotopic (exact) mass is 802 g/mol. The van der Waals surface area contributed by atoms with Gasteiger partial charge in [0.2, 0.25) is 5.91 Å². The molecule has 0 heterocycles. The summed E-state index contributed by atoms with van der Waals surface area (Å²) in [6.07, 6.45) is 7.46. The second-order valence-corrected chi connectivity index (χ2v) is 22.1. The number of nitrogens with one attached hydrogen (secondary N) is 2. The number of carboxylic acids is 1. The van der Waals surface area contributed by atoms with Crippen molar-refractivity contribution in [2.75, 3.05) is 0 Å². The molecule has 58 heavy (non-hydrogen) atoms. The van der Waals surface area contributed by atoms with Gasteiger partial charge in [-0.05, 0) is 152 Å². The van der Waals surface area contributed by atoms with Gasteiger partial charge in [0.15, 0.2) is 5.78 Å². The van der Waals surface area contributed by atoms with Crippen molar-refractivity contribution in [3.8, 4) is 0 Å². The molecule has 3 N–H and O–H groups in total. The number of carboxylic acid groups (broad SMARTS) is 1. The Balaban J connectivity index is 1.13. The summed E-state index contributed by atoms with van der Waals surface area (Å²) in [4.78, 5) is 67.1. The molecule has 0 aromatic heterocycles. The second-order valence-electron chi connectivity index (χ2n) is 22.1. The van der Waals surface area contributed by atoms with Crippen molar-refractivity contribution < 1.29 is 38.2 Å². The zero-order valence-electron chi connectivity index (χ0n) is 36.7. The molecule has 10 heteroatoms. The van der Waals surface area contributed by atoms with Crippen LogP contribution in [0.5, 0.6) is 0 Å². The third-order valence-corrected chi connectivity index (χ3v) is 17.9. The van der Waals surface area contributed by atoms with Crippen LogP contribution in [0, 0.1) is 68.4 Å². The van der Waals surface area contributed by atoms with Crippen molar-refractivity contribution >= 4 is 29.5 Å². The van der Waals surface area contributed by atoms with Crippen LogP contribution in [0.1, 0.15) is 151 Å². The fourth-order valence-electron chi connectivity index (χ4n) is 14.3.